The van der Waals surface area contributed by atoms with Crippen LogP contribution in [-0.2, 0) is 9.53 Å². The Balaban J connectivity index is 2.35. The molecule has 1 aromatic rings. The van der Waals surface area contributed by atoms with E-state index in [-0.39, 0.29) is 12.2 Å². The minimum Gasteiger partial charge on any atom is -0.493 e. The predicted molar refractivity (Wildman–Crippen MR) is 78.7 cm³/mol. The van der Waals surface area contributed by atoms with Crippen molar-refractivity contribution < 1.29 is 23.7 Å². The summed E-state index contributed by atoms with van der Waals surface area (Å²) in [6.45, 7) is 4.36. The topological polar surface area (TPSA) is 77.8 Å². The van der Waals surface area contributed by atoms with Gasteiger partial charge in [-0.15, -0.1) is 0 Å². The molecule has 22 heavy (non-hydrogen) atoms. The number of nitrogens with zero attached hydrogens (tertiary/aromatic N) is 1. The van der Waals surface area contributed by atoms with Crippen LogP contribution < -0.4 is 14.2 Å². The number of methoxy groups -OCH3 is 1. The molecule has 0 aliphatic carbocycles. The van der Waals surface area contributed by atoms with Gasteiger partial charge in [0.15, 0.2) is 11.5 Å². The first-order chi connectivity index (χ1) is 10.7. The molecular formula is C16H15NO5. The highest BCUT2D eigenvalue weighted by atomic mass is 16.6. The van der Waals surface area contributed by atoms with Crippen molar-refractivity contribution in [2.45, 2.75) is 0 Å². The van der Waals surface area contributed by atoms with Gasteiger partial charge in [0.25, 0.3) is 0 Å². The highest BCUT2D eigenvalue weighted by Gasteiger charge is 2.19. The molecule has 0 atom stereocenters. The molecule has 114 valence electrons. The highest BCUT2D eigenvalue weighted by molar-refractivity contribution is 5.98. The van der Waals surface area contributed by atoms with Crippen LogP contribution in [-0.4, -0.2) is 32.9 Å². The molecule has 0 radical (unpaired) electrons. The van der Waals surface area contributed by atoms with E-state index in [0.717, 1.165) is 0 Å². The van der Waals surface area contributed by atoms with Gasteiger partial charge in [0.2, 0.25) is 5.75 Å². The van der Waals surface area contributed by atoms with Crippen LogP contribution >= 0.6 is 0 Å². The summed E-state index contributed by atoms with van der Waals surface area (Å²) in [5.74, 6) is 0.781. The van der Waals surface area contributed by atoms with Crippen LogP contribution in [0.25, 0.3) is 6.08 Å². The van der Waals surface area contributed by atoms with E-state index in [0.29, 0.717) is 36.0 Å². The van der Waals surface area contributed by atoms with Gasteiger partial charge in [-0.05, 0) is 23.8 Å². The van der Waals surface area contributed by atoms with Crippen molar-refractivity contribution in [3.63, 3.8) is 0 Å². The van der Waals surface area contributed by atoms with Crippen molar-refractivity contribution in [1.29, 1.82) is 5.26 Å². The van der Waals surface area contributed by atoms with Gasteiger partial charge < -0.3 is 18.9 Å². The maximum Gasteiger partial charge on any atom is 0.349 e. The SMILES string of the molecule is C=CCOC(=O)/C(C#N)=C/c1cc(OC)c2c(c1)OCCO2. The lowest BCUT2D eigenvalue weighted by atomic mass is 10.1. The monoisotopic (exact) mass is 301 g/mol. The van der Waals surface area contributed by atoms with Gasteiger partial charge in [-0.2, -0.15) is 5.26 Å². The molecule has 0 amide bonds. The Labute approximate surface area is 128 Å². The van der Waals surface area contributed by atoms with Crippen molar-refractivity contribution in [2.24, 2.45) is 0 Å². The molecule has 6 heteroatoms. The third kappa shape index (κ3) is 3.38. The van der Waals surface area contributed by atoms with Crippen molar-refractivity contribution >= 4 is 12.0 Å². The standard InChI is InChI=1S/C16H15NO5/c1-3-4-22-16(18)12(10-17)7-11-8-13(19-2)15-14(9-11)20-5-6-21-15/h3,7-9H,1,4-6H2,2H3/b12-7+. The van der Waals surface area contributed by atoms with Crippen LogP contribution in [0.15, 0.2) is 30.4 Å². The third-order valence-corrected chi connectivity index (χ3v) is 2.83. The van der Waals surface area contributed by atoms with E-state index in [1.54, 1.807) is 12.1 Å². The zero-order valence-electron chi connectivity index (χ0n) is 12.1. The van der Waals surface area contributed by atoms with Gasteiger partial charge in [-0.25, -0.2) is 4.79 Å². The van der Waals surface area contributed by atoms with Crippen molar-refractivity contribution in [3.8, 4) is 23.3 Å². The summed E-state index contributed by atoms with van der Waals surface area (Å²) in [5, 5.41) is 9.09. The Bertz CT molecular complexity index is 640. The lowest BCUT2D eigenvalue weighted by Gasteiger charge is -2.21. The highest BCUT2D eigenvalue weighted by Crippen LogP contribution is 2.40. The van der Waals surface area contributed by atoms with E-state index >= 15 is 0 Å². The zero-order chi connectivity index (χ0) is 15.9. The number of fused-ring (bicyclic) bond motifs is 1. The molecule has 6 nitrogen and oxygen atoms in total. The Hall–Kier alpha value is -2.94. The average molecular weight is 301 g/mol. The first-order valence-corrected chi connectivity index (χ1v) is 6.57. The molecule has 0 bridgehead atoms. The van der Waals surface area contributed by atoms with E-state index in [4.69, 9.17) is 24.2 Å². The summed E-state index contributed by atoms with van der Waals surface area (Å²) in [6, 6.07) is 5.15. The number of nitriles is 1. The molecule has 0 saturated heterocycles. The van der Waals surface area contributed by atoms with Crippen LogP contribution in [0, 0.1) is 11.3 Å². The van der Waals surface area contributed by atoms with Crippen LogP contribution in [0.3, 0.4) is 0 Å². The molecule has 0 saturated carbocycles. The van der Waals surface area contributed by atoms with E-state index in [2.05, 4.69) is 6.58 Å². The van der Waals surface area contributed by atoms with Gasteiger partial charge in [0.05, 0.1) is 7.11 Å². The molecule has 1 aromatic carbocycles. The number of ether oxygens (including phenoxy) is 4. The first kappa shape index (κ1) is 15.4. The smallest absolute Gasteiger partial charge is 0.349 e. The van der Waals surface area contributed by atoms with E-state index in [9.17, 15) is 4.79 Å². The van der Waals surface area contributed by atoms with Crippen molar-refractivity contribution in [1.82, 2.24) is 0 Å². The number of hydrogen-bond donors (Lipinski definition) is 0. The molecule has 0 N–H and O–H groups in total. The largest absolute Gasteiger partial charge is 0.493 e. The minimum atomic E-state index is -0.712. The molecule has 1 aliphatic heterocycles. The van der Waals surface area contributed by atoms with E-state index < -0.39 is 5.97 Å². The van der Waals surface area contributed by atoms with Gasteiger partial charge in [0, 0.05) is 0 Å². The number of esters is 1. The molecule has 1 heterocycles. The zero-order valence-corrected chi connectivity index (χ0v) is 12.1. The number of carbonyl (C=O) groups is 1. The second kappa shape index (κ2) is 7.18. The minimum absolute atomic E-state index is 0.0440. The molecule has 2 rings (SSSR count). The molecule has 0 spiro atoms. The number of rotatable bonds is 5. The third-order valence-electron chi connectivity index (χ3n) is 2.83. The fourth-order valence-electron chi connectivity index (χ4n) is 1.89. The molecule has 0 aromatic heterocycles. The number of carbonyl (C=O) groups excluding carboxylic acids is 1. The Kier molecular flexibility index (Phi) is 5.04. The van der Waals surface area contributed by atoms with Gasteiger partial charge in [-0.3, -0.25) is 0 Å². The maximum atomic E-state index is 11.7. The second-order valence-corrected chi connectivity index (χ2v) is 4.30. The lowest BCUT2D eigenvalue weighted by Crippen LogP contribution is -2.16. The summed E-state index contributed by atoms with van der Waals surface area (Å²) in [4.78, 5) is 11.7. The lowest BCUT2D eigenvalue weighted by molar-refractivity contribution is -0.137. The summed E-state index contributed by atoms with van der Waals surface area (Å²) in [5.41, 5.74) is 0.453. The number of benzene rings is 1. The van der Waals surface area contributed by atoms with Crippen LogP contribution in [0.5, 0.6) is 17.2 Å². The van der Waals surface area contributed by atoms with Crippen molar-refractivity contribution in [2.75, 3.05) is 26.9 Å². The summed E-state index contributed by atoms with van der Waals surface area (Å²) in [6.07, 6.45) is 2.84. The van der Waals surface area contributed by atoms with Crippen LogP contribution in [0.1, 0.15) is 5.56 Å². The van der Waals surface area contributed by atoms with Gasteiger partial charge >= 0.3 is 5.97 Å². The molecule has 1 aliphatic rings. The normalized spacial score (nSPS) is 13.0. The summed E-state index contributed by atoms with van der Waals surface area (Å²) >= 11 is 0. The van der Waals surface area contributed by atoms with E-state index in [1.807, 2.05) is 6.07 Å². The fourth-order valence-corrected chi connectivity index (χ4v) is 1.89. The Morgan fingerprint density at radius 2 is 2.23 bits per heavy atom. The predicted octanol–water partition coefficient (Wildman–Crippen LogP) is 2.10. The van der Waals surface area contributed by atoms with Gasteiger partial charge in [-0.1, -0.05) is 12.7 Å². The van der Waals surface area contributed by atoms with Crippen LogP contribution in [0.4, 0.5) is 0 Å². The Morgan fingerprint density at radius 1 is 1.45 bits per heavy atom. The molecule has 0 unspecified atom stereocenters. The molecule has 0 fully saturated rings. The van der Waals surface area contributed by atoms with E-state index in [1.165, 1.54) is 19.3 Å². The van der Waals surface area contributed by atoms with Crippen LogP contribution in [0.2, 0.25) is 0 Å². The summed E-state index contributed by atoms with van der Waals surface area (Å²) < 4.78 is 21.1. The maximum absolute atomic E-state index is 11.7. The second-order valence-electron chi connectivity index (χ2n) is 4.30. The van der Waals surface area contributed by atoms with Gasteiger partial charge in [0.1, 0.15) is 31.5 Å². The Morgan fingerprint density at radius 3 is 2.91 bits per heavy atom. The molecular weight excluding hydrogens is 286 g/mol. The fraction of sp³-hybridized carbons (Fsp3) is 0.250. The quantitative estimate of drug-likeness (QED) is 0.359. The van der Waals surface area contributed by atoms with Crippen molar-refractivity contribution in [3.05, 3.63) is 35.9 Å². The first-order valence-electron chi connectivity index (χ1n) is 6.57. The average Bonchev–Trinajstić information content (AvgIpc) is 2.56. The number of hydrogen-bond acceptors (Lipinski definition) is 6. The summed E-state index contributed by atoms with van der Waals surface area (Å²) in [7, 11) is 1.50.